The summed E-state index contributed by atoms with van der Waals surface area (Å²) in [6.07, 6.45) is 2.61. The molecule has 0 radical (unpaired) electrons. The van der Waals surface area contributed by atoms with Gasteiger partial charge in [0, 0.05) is 24.4 Å². The number of ketones is 1. The van der Waals surface area contributed by atoms with Crippen LogP contribution in [0.2, 0.25) is 10.0 Å². The summed E-state index contributed by atoms with van der Waals surface area (Å²) in [4.78, 5) is 16.5. The average Bonchev–Trinajstić information content (AvgIpc) is 2.57. The lowest BCUT2D eigenvalue weighted by molar-refractivity contribution is -0.0513. The molecule has 0 saturated heterocycles. The van der Waals surface area contributed by atoms with Crippen molar-refractivity contribution in [3.8, 4) is 17.2 Å². The van der Waals surface area contributed by atoms with E-state index in [-0.39, 0.29) is 39.3 Å². The maximum Gasteiger partial charge on any atom is 0.387 e. The summed E-state index contributed by atoms with van der Waals surface area (Å²) in [6.45, 7) is -3.05. The third kappa shape index (κ3) is 4.29. The smallest absolute Gasteiger partial charge is 0.387 e. The van der Waals surface area contributed by atoms with E-state index in [1.807, 2.05) is 0 Å². The maximum atomic E-state index is 12.6. The van der Waals surface area contributed by atoms with Gasteiger partial charge < -0.3 is 14.2 Å². The number of nitrogens with zero attached hydrogens (tertiary/aromatic N) is 1. The standard InChI is InChI=1S/C16H13Cl2F2NO4/c1-23-14-8(3-4-13(15(14)24-2)25-16(19)20)12(22)5-9-10(17)6-21-7-11(9)18/h3-4,6-7,16H,5H2,1-2H3. The molecule has 0 aliphatic carbocycles. The SMILES string of the molecule is COc1c(OC(F)F)ccc(C(=O)Cc2c(Cl)cncc2Cl)c1OC. The van der Waals surface area contributed by atoms with Gasteiger partial charge in [0.15, 0.2) is 17.3 Å². The molecule has 0 atom stereocenters. The van der Waals surface area contributed by atoms with Crippen molar-refractivity contribution < 1.29 is 27.8 Å². The van der Waals surface area contributed by atoms with Crippen LogP contribution in [0.4, 0.5) is 8.78 Å². The van der Waals surface area contributed by atoms with Crippen molar-refractivity contribution in [3.05, 3.63) is 45.7 Å². The Morgan fingerprint density at radius 2 is 1.72 bits per heavy atom. The number of carbonyl (C=O) groups excluding carboxylic acids is 1. The van der Waals surface area contributed by atoms with Gasteiger partial charge in [-0.05, 0) is 12.1 Å². The minimum absolute atomic E-state index is 0.0213. The first-order valence-corrected chi connectivity index (χ1v) is 7.65. The Morgan fingerprint density at radius 3 is 2.24 bits per heavy atom. The molecule has 1 aromatic heterocycles. The van der Waals surface area contributed by atoms with Crippen LogP contribution in [0.3, 0.4) is 0 Å². The molecule has 9 heteroatoms. The van der Waals surface area contributed by atoms with E-state index < -0.39 is 12.4 Å². The predicted octanol–water partition coefficient (Wildman–Crippen LogP) is 4.43. The monoisotopic (exact) mass is 391 g/mol. The number of Topliss-reactive ketones (excluding diaryl/α,β-unsaturated/α-hetero) is 1. The van der Waals surface area contributed by atoms with Crippen molar-refractivity contribution in [2.45, 2.75) is 13.0 Å². The largest absolute Gasteiger partial charge is 0.492 e. The van der Waals surface area contributed by atoms with Crippen LogP contribution in [0.1, 0.15) is 15.9 Å². The first kappa shape index (κ1) is 19.2. The Hall–Kier alpha value is -2.12. The third-order valence-corrected chi connectivity index (χ3v) is 3.94. The molecule has 5 nitrogen and oxygen atoms in total. The summed E-state index contributed by atoms with van der Waals surface area (Å²) in [7, 11) is 2.54. The molecule has 0 N–H and O–H groups in total. The predicted molar refractivity (Wildman–Crippen MR) is 88.5 cm³/mol. The first-order chi connectivity index (χ1) is 11.9. The van der Waals surface area contributed by atoms with Gasteiger partial charge >= 0.3 is 6.61 Å². The molecule has 1 aromatic carbocycles. The van der Waals surface area contributed by atoms with Crippen LogP contribution in [0.15, 0.2) is 24.5 Å². The van der Waals surface area contributed by atoms with Crippen molar-refractivity contribution in [1.29, 1.82) is 0 Å². The quantitative estimate of drug-likeness (QED) is 0.653. The summed E-state index contributed by atoms with van der Waals surface area (Å²) in [5.41, 5.74) is 0.516. The topological polar surface area (TPSA) is 57.7 Å². The van der Waals surface area contributed by atoms with Crippen LogP contribution >= 0.6 is 23.2 Å². The molecule has 0 spiro atoms. The fourth-order valence-corrected chi connectivity index (χ4v) is 2.71. The van der Waals surface area contributed by atoms with Gasteiger partial charge in [0.2, 0.25) is 5.75 Å². The number of rotatable bonds is 7. The lowest BCUT2D eigenvalue weighted by Gasteiger charge is -2.16. The normalized spacial score (nSPS) is 10.7. The fraction of sp³-hybridized carbons (Fsp3) is 0.250. The van der Waals surface area contributed by atoms with Crippen LogP contribution in [0.25, 0.3) is 0 Å². The van der Waals surface area contributed by atoms with E-state index in [1.54, 1.807) is 0 Å². The Bertz CT molecular complexity index is 767. The van der Waals surface area contributed by atoms with Gasteiger partial charge in [-0.3, -0.25) is 9.78 Å². The number of aromatic nitrogens is 1. The lowest BCUT2D eigenvalue weighted by atomic mass is 10.0. The first-order valence-electron chi connectivity index (χ1n) is 6.89. The van der Waals surface area contributed by atoms with Crippen LogP contribution < -0.4 is 14.2 Å². The highest BCUT2D eigenvalue weighted by Gasteiger charge is 2.23. The molecule has 25 heavy (non-hydrogen) atoms. The Labute approximate surface area is 152 Å². The van der Waals surface area contributed by atoms with Crippen LogP contribution in [0.5, 0.6) is 17.2 Å². The maximum absolute atomic E-state index is 12.6. The molecule has 2 aromatic rings. The van der Waals surface area contributed by atoms with Crippen LogP contribution in [-0.2, 0) is 6.42 Å². The van der Waals surface area contributed by atoms with Gasteiger partial charge in [0.05, 0.1) is 29.8 Å². The van der Waals surface area contributed by atoms with E-state index in [0.29, 0.717) is 5.56 Å². The number of alkyl halides is 2. The average molecular weight is 392 g/mol. The molecule has 0 amide bonds. The zero-order valence-electron chi connectivity index (χ0n) is 13.2. The summed E-state index contributed by atoms with van der Waals surface area (Å²) in [5, 5.41) is 0.480. The minimum Gasteiger partial charge on any atom is -0.492 e. The number of ether oxygens (including phenoxy) is 3. The summed E-state index contributed by atoms with van der Waals surface area (Å²) in [6, 6.07) is 2.51. The van der Waals surface area contributed by atoms with Gasteiger partial charge in [-0.1, -0.05) is 23.2 Å². The van der Waals surface area contributed by atoms with E-state index in [1.165, 1.54) is 38.7 Å². The molecule has 1 heterocycles. The van der Waals surface area contributed by atoms with Crippen LogP contribution in [-0.4, -0.2) is 31.6 Å². The van der Waals surface area contributed by atoms with E-state index in [4.69, 9.17) is 32.7 Å². The van der Waals surface area contributed by atoms with E-state index in [2.05, 4.69) is 9.72 Å². The Kier molecular flexibility index (Phi) is 6.39. The lowest BCUT2D eigenvalue weighted by Crippen LogP contribution is -2.10. The minimum atomic E-state index is -3.05. The van der Waals surface area contributed by atoms with Crippen LogP contribution in [0, 0.1) is 0 Å². The van der Waals surface area contributed by atoms with E-state index in [0.717, 1.165) is 0 Å². The summed E-state index contributed by atoms with van der Waals surface area (Å²) >= 11 is 12.0. The van der Waals surface area contributed by atoms with Gasteiger partial charge in [-0.25, -0.2) is 0 Å². The highest BCUT2D eigenvalue weighted by Crippen LogP contribution is 2.41. The molecule has 2 rings (SSSR count). The van der Waals surface area contributed by atoms with Crippen molar-refractivity contribution in [2.24, 2.45) is 0 Å². The molecular weight excluding hydrogens is 379 g/mol. The molecule has 134 valence electrons. The molecule has 0 aliphatic rings. The van der Waals surface area contributed by atoms with E-state index in [9.17, 15) is 13.6 Å². The number of methoxy groups -OCH3 is 2. The molecule has 0 unspecified atom stereocenters. The number of hydrogen-bond donors (Lipinski definition) is 0. The second-order valence-corrected chi connectivity index (χ2v) is 5.55. The Balaban J connectivity index is 2.43. The van der Waals surface area contributed by atoms with Gasteiger partial charge in [-0.2, -0.15) is 8.78 Å². The van der Waals surface area contributed by atoms with Crippen molar-refractivity contribution in [1.82, 2.24) is 4.98 Å². The summed E-state index contributed by atoms with van der Waals surface area (Å²) in [5.74, 6) is -0.771. The summed E-state index contributed by atoms with van der Waals surface area (Å²) < 4.78 is 39.6. The second kappa shape index (κ2) is 8.31. The number of pyridine rings is 1. The number of benzene rings is 1. The number of carbonyl (C=O) groups is 1. The van der Waals surface area contributed by atoms with Crippen molar-refractivity contribution in [3.63, 3.8) is 0 Å². The highest BCUT2D eigenvalue weighted by atomic mass is 35.5. The zero-order chi connectivity index (χ0) is 18.6. The van der Waals surface area contributed by atoms with E-state index >= 15 is 0 Å². The number of hydrogen-bond acceptors (Lipinski definition) is 5. The molecule has 0 saturated carbocycles. The molecular formula is C16H13Cl2F2NO4. The molecule has 0 aliphatic heterocycles. The van der Waals surface area contributed by atoms with Gasteiger partial charge in [-0.15, -0.1) is 0 Å². The third-order valence-electron chi connectivity index (χ3n) is 3.29. The van der Waals surface area contributed by atoms with Crippen molar-refractivity contribution in [2.75, 3.05) is 14.2 Å². The second-order valence-electron chi connectivity index (χ2n) is 4.74. The van der Waals surface area contributed by atoms with Gasteiger partial charge in [0.25, 0.3) is 0 Å². The van der Waals surface area contributed by atoms with Gasteiger partial charge in [0.1, 0.15) is 0 Å². The van der Waals surface area contributed by atoms with Crippen molar-refractivity contribution >= 4 is 29.0 Å². The zero-order valence-corrected chi connectivity index (χ0v) is 14.7. The molecule has 0 bridgehead atoms. The fourth-order valence-electron chi connectivity index (χ4n) is 2.21. The molecule has 0 fully saturated rings. The highest BCUT2D eigenvalue weighted by molar-refractivity contribution is 6.36. The number of halogens is 4. The Morgan fingerprint density at radius 1 is 1.12 bits per heavy atom.